The molecule has 0 bridgehead atoms. The summed E-state index contributed by atoms with van der Waals surface area (Å²) in [5.41, 5.74) is 1.16. The fraction of sp³-hybridized carbons (Fsp3) is 0.333. The van der Waals surface area contributed by atoms with E-state index in [0.29, 0.717) is 42.9 Å². The molecule has 0 radical (unpaired) electrons. The Kier molecular flexibility index (Phi) is 6.73. The number of carbonyl (C=O) groups is 2. The number of anilines is 1. The molecule has 9 heteroatoms. The van der Waals surface area contributed by atoms with Gasteiger partial charge in [0.25, 0.3) is 5.91 Å². The lowest BCUT2D eigenvalue weighted by Crippen LogP contribution is -2.46. The van der Waals surface area contributed by atoms with E-state index in [1.54, 1.807) is 41.3 Å². The monoisotopic (exact) mass is 431 g/mol. The summed E-state index contributed by atoms with van der Waals surface area (Å²) in [7, 11) is -2.11. The molecule has 2 N–H and O–H groups in total. The Morgan fingerprint density at radius 3 is 2.13 bits per heavy atom. The smallest absolute Gasteiger partial charge is 0.253 e. The van der Waals surface area contributed by atoms with Crippen molar-refractivity contribution >= 4 is 27.5 Å². The molecule has 1 heterocycles. The van der Waals surface area contributed by atoms with Crippen LogP contribution in [0, 0.1) is 0 Å². The molecule has 0 aromatic heterocycles. The van der Waals surface area contributed by atoms with Crippen LogP contribution in [0.15, 0.2) is 53.4 Å². The van der Waals surface area contributed by atoms with Crippen LogP contribution in [0.2, 0.25) is 0 Å². The number of benzene rings is 2. The molecule has 3 rings (SSSR count). The van der Waals surface area contributed by atoms with Gasteiger partial charge in [-0.15, -0.1) is 0 Å². The number of carbonyl (C=O) groups excluding carboxylic acids is 2. The summed E-state index contributed by atoms with van der Waals surface area (Å²) < 4.78 is 32.9. The van der Waals surface area contributed by atoms with Crippen LogP contribution < -0.4 is 14.8 Å². The maximum atomic E-state index is 12.7. The van der Waals surface area contributed by atoms with Crippen molar-refractivity contribution in [2.45, 2.75) is 30.7 Å². The first-order valence-electron chi connectivity index (χ1n) is 9.62. The maximum absolute atomic E-state index is 12.7. The minimum absolute atomic E-state index is 0.110. The lowest BCUT2D eigenvalue weighted by Gasteiger charge is -2.32. The number of nitrogens with one attached hydrogen (secondary N) is 2. The maximum Gasteiger partial charge on any atom is 0.253 e. The number of hydrogen-bond acceptors (Lipinski definition) is 5. The van der Waals surface area contributed by atoms with E-state index < -0.39 is 10.0 Å². The Morgan fingerprint density at radius 1 is 1.00 bits per heavy atom. The normalized spacial score (nSPS) is 14.9. The Labute approximate surface area is 176 Å². The van der Waals surface area contributed by atoms with Crippen LogP contribution >= 0.6 is 0 Å². The zero-order chi connectivity index (χ0) is 21.7. The van der Waals surface area contributed by atoms with Gasteiger partial charge in [-0.05, 0) is 61.4 Å². The SMILES string of the molecule is COc1ccc(S(=O)(=O)NC2CCN(C(=O)c3ccc(NC(C)=O)cc3)CC2)cc1. The lowest BCUT2D eigenvalue weighted by atomic mass is 10.0. The molecule has 2 aromatic carbocycles. The van der Waals surface area contributed by atoms with Crippen LogP contribution in [0.4, 0.5) is 5.69 Å². The van der Waals surface area contributed by atoms with Gasteiger partial charge in [0.2, 0.25) is 15.9 Å². The van der Waals surface area contributed by atoms with Gasteiger partial charge in [-0.2, -0.15) is 0 Å². The second kappa shape index (κ2) is 9.27. The molecular weight excluding hydrogens is 406 g/mol. The van der Waals surface area contributed by atoms with Gasteiger partial charge in [0.15, 0.2) is 0 Å². The first-order valence-corrected chi connectivity index (χ1v) is 11.1. The van der Waals surface area contributed by atoms with Crippen LogP contribution in [0.1, 0.15) is 30.1 Å². The van der Waals surface area contributed by atoms with E-state index in [0.717, 1.165) is 0 Å². The molecule has 1 aliphatic rings. The van der Waals surface area contributed by atoms with Crippen LogP contribution in [0.5, 0.6) is 5.75 Å². The third-order valence-electron chi connectivity index (χ3n) is 4.93. The average molecular weight is 432 g/mol. The molecule has 8 nitrogen and oxygen atoms in total. The van der Waals surface area contributed by atoms with Crippen molar-refractivity contribution in [2.24, 2.45) is 0 Å². The highest BCUT2D eigenvalue weighted by Crippen LogP contribution is 2.19. The van der Waals surface area contributed by atoms with Crippen LogP contribution in [-0.2, 0) is 14.8 Å². The third kappa shape index (κ3) is 5.37. The van der Waals surface area contributed by atoms with E-state index >= 15 is 0 Å². The summed E-state index contributed by atoms with van der Waals surface area (Å²) in [5, 5.41) is 2.66. The highest BCUT2D eigenvalue weighted by Gasteiger charge is 2.27. The number of sulfonamides is 1. The van der Waals surface area contributed by atoms with E-state index in [4.69, 9.17) is 4.74 Å². The van der Waals surface area contributed by atoms with E-state index in [2.05, 4.69) is 10.0 Å². The molecule has 0 unspecified atom stereocenters. The van der Waals surface area contributed by atoms with Crippen LogP contribution in [0.25, 0.3) is 0 Å². The Hall–Kier alpha value is -2.91. The summed E-state index contributed by atoms with van der Waals surface area (Å²) in [4.78, 5) is 25.7. The molecule has 2 amide bonds. The Morgan fingerprint density at radius 2 is 1.60 bits per heavy atom. The summed E-state index contributed by atoms with van der Waals surface area (Å²) in [6.07, 6.45) is 1.07. The van der Waals surface area contributed by atoms with Crippen molar-refractivity contribution in [2.75, 3.05) is 25.5 Å². The number of methoxy groups -OCH3 is 1. The predicted molar refractivity (Wildman–Crippen MR) is 113 cm³/mol. The first kappa shape index (κ1) is 21.8. The highest BCUT2D eigenvalue weighted by molar-refractivity contribution is 7.89. The molecule has 160 valence electrons. The minimum Gasteiger partial charge on any atom is -0.497 e. The molecule has 2 aromatic rings. The number of nitrogens with zero attached hydrogens (tertiary/aromatic N) is 1. The van der Waals surface area contributed by atoms with Crippen LogP contribution in [-0.4, -0.2) is 51.4 Å². The van der Waals surface area contributed by atoms with Crippen molar-refractivity contribution in [1.82, 2.24) is 9.62 Å². The van der Waals surface area contributed by atoms with Gasteiger partial charge in [-0.3, -0.25) is 9.59 Å². The molecule has 1 aliphatic heterocycles. The van der Waals surface area contributed by atoms with Gasteiger partial charge in [-0.25, -0.2) is 13.1 Å². The quantitative estimate of drug-likeness (QED) is 0.730. The number of likely N-dealkylation sites (tertiary alicyclic amines) is 1. The molecule has 0 atom stereocenters. The van der Waals surface area contributed by atoms with Crippen molar-refractivity contribution in [3.63, 3.8) is 0 Å². The average Bonchev–Trinajstić information content (AvgIpc) is 2.74. The van der Waals surface area contributed by atoms with Crippen molar-refractivity contribution in [3.05, 3.63) is 54.1 Å². The lowest BCUT2D eigenvalue weighted by molar-refractivity contribution is -0.114. The highest BCUT2D eigenvalue weighted by atomic mass is 32.2. The molecule has 0 aliphatic carbocycles. The summed E-state index contributed by atoms with van der Waals surface area (Å²) >= 11 is 0. The van der Waals surface area contributed by atoms with E-state index in [1.807, 2.05) is 0 Å². The first-order chi connectivity index (χ1) is 14.3. The van der Waals surface area contributed by atoms with E-state index in [9.17, 15) is 18.0 Å². The van der Waals surface area contributed by atoms with Gasteiger partial charge < -0.3 is 15.0 Å². The van der Waals surface area contributed by atoms with Crippen molar-refractivity contribution in [3.8, 4) is 5.75 Å². The zero-order valence-corrected chi connectivity index (χ0v) is 17.7. The minimum atomic E-state index is -3.63. The second-order valence-electron chi connectivity index (χ2n) is 7.12. The molecule has 1 fully saturated rings. The topological polar surface area (TPSA) is 105 Å². The predicted octanol–water partition coefficient (Wildman–Crippen LogP) is 2.24. The fourth-order valence-corrected chi connectivity index (χ4v) is 4.63. The van der Waals surface area contributed by atoms with Crippen molar-refractivity contribution < 1.29 is 22.7 Å². The molecule has 1 saturated heterocycles. The summed E-state index contributed by atoms with van der Waals surface area (Å²) in [6.45, 7) is 2.34. The van der Waals surface area contributed by atoms with Gasteiger partial charge in [0.1, 0.15) is 5.75 Å². The van der Waals surface area contributed by atoms with E-state index in [-0.39, 0.29) is 22.8 Å². The Balaban J connectivity index is 1.56. The number of amides is 2. The number of ether oxygens (including phenoxy) is 1. The second-order valence-corrected chi connectivity index (χ2v) is 8.84. The van der Waals surface area contributed by atoms with Gasteiger partial charge >= 0.3 is 0 Å². The van der Waals surface area contributed by atoms with Crippen molar-refractivity contribution in [1.29, 1.82) is 0 Å². The van der Waals surface area contributed by atoms with E-state index in [1.165, 1.54) is 26.2 Å². The van der Waals surface area contributed by atoms with Gasteiger partial charge in [0.05, 0.1) is 12.0 Å². The van der Waals surface area contributed by atoms with Gasteiger partial charge in [0, 0.05) is 37.3 Å². The molecule has 0 saturated carbocycles. The molecule has 0 spiro atoms. The standard InChI is InChI=1S/C21H25N3O5S/c1-15(25)22-17-5-3-16(4-6-17)21(26)24-13-11-18(12-14-24)23-30(27,28)20-9-7-19(29-2)8-10-20/h3-10,18,23H,11-14H2,1-2H3,(H,22,25). The largest absolute Gasteiger partial charge is 0.497 e. The number of hydrogen-bond donors (Lipinski definition) is 2. The zero-order valence-electron chi connectivity index (χ0n) is 16.9. The fourth-order valence-electron chi connectivity index (χ4n) is 3.32. The summed E-state index contributed by atoms with van der Waals surface area (Å²) in [6, 6.07) is 12.7. The Bertz CT molecular complexity index is 996. The summed E-state index contributed by atoms with van der Waals surface area (Å²) in [5.74, 6) is 0.306. The molecular formula is C21H25N3O5S. The molecule has 30 heavy (non-hydrogen) atoms. The number of piperidine rings is 1. The third-order valence-corrected chi connectivity index (χ3v) is 6.46. The number of rotatable bonds is 6. The van der Waals surface area contributed by atoms with Gasteiger partial charge in [-0.1, -0.05) is 0 Å². The van der Waals surface area contributed by atoms with Crippen LogP contribution in [0.3, 0.4) is 0 Å².